The Hall–Kier alpha value is -3.06. The molecule has 1 N–H and O–H groups in total. The van der Waals surface area contributed by atoms with E-state index in [1.165, 1.54) is 0 Å². The number of hydrogen-bond acceptors (Lipinski definition) is 2. The molecule has 0 aliphatic heterocycles. The van der Waals surface area contributed by atoms with Gasteiger partial charge in [-0.25, -0.2) is 17.6 Å². The summed E-state index contributed by atoms with van der Waals surface area (Å²) in [5, 5.41) is 12.3. The van der Waals surface area contributed by atoms with Crippen LogP contribution in [0, 0.1) is 23.3 Å². The van der Waals surface area contributed by atoms with E-state index in [0.717, 1.165) is 24.3 Å². The Morgan fingerprint density at radius 3 is 1.58 bits per heavy atom. The third kappa shape index (κ3) is 3.82. The van der Waals surface area contributed by atoms with Gasteiger partial charge < -0.3 is 5.11 Å². The SMILES string of the molecule is [N-]=[N+]=N[C@H](C(=O)O)C(c1cc(F)cc(F)c1)c1cc(F)cc(F)c1. The van der Waals surface area contributed by atoms with E-state index in [2.05, 4.69) is 10.0 Å². The summed E-state index contributed by atoms with van der Waals surface area (Å²) in [7, 11) is 0. The third-order valence-corrected chi connectivity index (χ3v) is 3.23. The summed E-state index contributed by atoms with van der Waals surface area (Å²) < 4.78 is 53.9. The van der Waals surface area contributed by atoms with Gasteiger partial charge in [-0.05, 0) is 40.9 Å². The largest absolute Gasteiger partial charge is 0.481 e. The molecule has 124 valence electrons. The smallest absolute Gasteiger partial charge is 0.313 e. The molecule has 0 aliphatic carbocycles. The van der Waals surface area contributed by atoms with Crippen LogP contribution in [-0.4, -0.2) is 17.1 Å². The van der Waals surface area contributed by atoms with Crippen LogP contribution in [0.15, 0.2) is 41.5 Å². The van der Waals surface area contributed by atoms with Gasteiger partial charge in [0.2, 0.25) is 0 Å². The van der Waals surface area contributed by atoms with Gasteiger partial charge in [0.25, 0.3) is 0 Å². The Kier molecular flexibility index (Phi) is 5.05. The average Bonchev–Trinajstić information content (AvgIpc) is 2.44. The van der Waals surface area contributed by atoms with Crippen molar-refractivity contribution in [2.24, 2.45) is 5.11 Å². The molecule has 0 aromatic heterocycles. The van der Waals surface area contributed by atoms with Crippen molar-refractivity contribution in [2.75, 3.05) is 0 Å². The van der Waals surface area contributed by atoms with Crippen molar-refractivity contribution in [1.82, 2.24) is 0 Å². The van der Waals surface area contributed by atoms with Crippen molar-refractivity contribution < 1.29 is 27.5 Å². The summed E-state index contributed by atoms with van der Waals surface area (Å²) in [5.41, 5.74) is 8.07. The minimum atomic E-state index is -1.86. The van der Waals surface area contributed by atoms with Crippen LogP contribution in [0.2, 0.25) is 0 Å². The number of nitrogens with zero attached hydrogens (tertiary/aromatic N) is 3. The molecule has 2 aromatic carbocycles. The molecule has 9 heteroatoms. The van der Waals surface area contributed by atoms with Gasteiger partial charge in [0.05, 0.1) is 0 Å². The number of aliphatic carboxylic acids is 1. The molecule has 0 amide bonds. The number of carboxylic acid groups (broad SMARTS) is 1. The monoisotopic (exact) mass is 339 g/mol. The minimum Gasteiger partial charge on any atom is -0.481 e. The molecule has 0 aliphatic rings. The zero-order valence-corrected chi connectivity index (χ0v) is 11.8. The summed E-state index contributed by atoms with van der Waals surface area (Å²) in [5.74, 6) is -7.18. The zero-order valence-electron chi connectivity index (χ0n) is 11.8. The van der Waals surface area contributed by atoms with Gasteiger partial charge in [-0.2, -0.15) is 0 Å². The lowest BCUT2D eigenvalue weighted by atomic mass is 9.85. The molecule has 0 radical (unpaired) electrons. The van der Waals surface area contributed by atoms with E-state index in [1.807, 2.05) is 0 Å². The van der Waals surface area contributed by atoms with E-state index in [-0.39, 0.29) is 11.1 Å². The second kappa shape index (κ2) is 7.01. The van der Waals surface area contributed by atoms with Crippen LogP contribution < -0.4 is 0 Å². The highest BCUT2D eigenvalue weighted by Gasteiger charge is 2.31. The van der Waals surface area contributed by atoms with Crippen LogP contribution in [0.3, 0.4) is 0 Å². The number of carbonyl (C=O) groups is 1. The second-order valence-electron chi connectivity index (χ2n) is 4.87. The highest BCUT2D eigenvalue weighted by atomic mass is 19.1. The maximum atomic E-state index is 13.5. The van der Waals surface area contributed by atoms with Crippen molar-refractivity contribution >= 4 is 5.97 Å². The lowest BCUT2D eigenvalue weighted by Gasteiger charge is -2.22. The number of halogens is 4. The van der Waals surface area contributed by atoms with Crippen LogP contribution >= 0.6 is 0 Å². The van der Waals surface area contributed by atoms with Crippen LogP contribution in [0.5, 0.6) is 0 Å². The first kappa shape index (κ1) is 17.3. The van der Waals surface area contributed by atoms with Gasteiger partial charge in [0.15, 0.2) is 0 Å². The molecule has 0 saturated carbocycles. The number of carboxylic acids is 1. The Labute approximate surface area is 132 Å². The third-order valence-electron chi connectivity index (χ3n) is 3.23. The fourth-order valence-corrected chi connectivity index (χ4v) is 2.38. The van der Waals surface area contributed by atoms with Crippen LogP contribution in [0.1, 0.15) is 17.0 Å². The van der Waals surface area contributed by atoms with Crippen molar-refractivity contribution in [3.8, 4) is 0 Å². The summed E-state index contributed by atoms with van der Waals surface area (Å²) in [6.45, 7) is 0. The lowest BCUT2D eigenvalue weighted by molar-refractivity contribution is -0.138. The van der Waals surface area contributed by atoms with Crippen molar-refractivity contribution in [2.45, 2.75) is 12.0 Å². The number of benzene rings is 2. The van der Waals surface area contributed by atoms with Gasteiger partial charge >= 0.3 is 5.97 Å². The highest BCUT2D eigenvalue weighted by Crippen LogP contribution is 2.32. The van der Waals surface area contributed by atoms with Gasteiger partial charge in [-0.15, -0.1) is 0 Å². The molecule has 0 saturated heterocycles. The summed E-state index contributed by atoms with van der Waals surface area (Å²) >= 11 is 0. The molecule has 5 nitrogen and oxygen atoms in total. The van der Waals surface area contributed by atoms with Crippen molar-refractivity contribution in [1.29, 1.82) is 0 Å². The van der Waals surface area contributed by atoms with E-state index in [4.69, 9.17) is 5.53 Å². The molecule has 1 atom stereocenters. The summed E-state index contributed by atoms with van der Waals surface area (Å²) in [4.78, 5) is 13.8. The van der Waals surface area contributed by atoms with Crippen LogP contribution in [0.4, 0.5) is 17.6 Å². The van der Waals surface area contributed by atoms with E-state index >= 15 is 0 Å². The van der Waals surface area contributed by atoms with Gasteiger partial charge in [-0.3, -0.25) is 4.79 Å². The summed E-state index contributed by atoms with van der Waals surface area (Å²) in [6, 6.07) is 2.46. The van der Waals surface area contributed by atoms with E-state index < -0.39 is 41.2 Å². The van der Waals surface area contributed by atoms with Crippen LogP contribution in [0.25, 0.3) is 10.4 Å². The first-order chi connectivity index (χ1) is 11.3. The Balaban J connectivity index is 2.72. The molecule has 0 unspecified atom stereocenters. The number of azide groups is 1. The predicted octanol–water partition coefficient (Wildman–Crippen LogP) is 4.14. The molecule has 0 fully saturated rings. The lowest BCUT2D eigenvalue weighted by Crippen LogP contribution is -2.27. The zero-order chi connectivity index (χ0) is 17.9. The molecule has 0 spiro atoms. The molecule has 2 rings (SSSR count). The molecule has 0 bridgehead atoms. The maximum Gasteiger partial charge on any atom is 0.313 e. The maximum absolute atomic E-state index is 13.5. The Bertz CT molecular complexity index is 743. The quantitative estimate of drug-likeness (QED) is 0.384. The van der Waals surface area contributed by atoms with Gasteiger partial charge in [0, 0.05) is 23.0 Å². The number of hydrogen-bond donors (Lipinski definition) is 1. The van der Waals surface area contributed by atoms with Crippen LogP contribution in [-0.2, 0) is 4.79 Å². The average molecular weight is 339 g/mol. The number of rotatable bonds is 5. The minimum absolute atomic E-state index is 0.239. The first-order valence-electron chi connectivity index (χ1n) is 6.51. The first-order valence-corrected chi connectivity index (χ1v) is 6.51. The molecule has 24 heavy (non-hydrogen) atoms. The van der Waals surface area contributed by atoms with E-state index in [9.17, 15) is 27.5 Å². The normalized spacial score (nSPS) is 11.9. The molecule has 0 heterocycles. The van der Waals surface area contributed by atoms with Crippen molar-refractivity contribution in [3.05, 3.63) is 81.2 Å². The topological polar surface area (TPSA) is 86.1 Å². The summed E-state index contributed by atoms with van der Waals surface area (Å²) in [6.07, 6.45) is 0. The molecule has 2 aromatic rings. The van der Waals surface area contributed by atoms with Gasteiger partial charge in [-0.1, -0.05) is 5.11 Å². The van der Waals surface area contributed by atoms with E-state index in [1.54, 1.807) is 0 Å². The standard InChI is InChI=1S/C15H9F4N3O2/c16-9-1-7(2-10(17)5-9)13(14(15(23)24)21-22-20)8-3-11(18)6-12(19)4-8/h1-6,13-14H,(H,23,24)/t14-/m0/s1. The van der Waals surface area contributed by atoms with Gasteiger partial charge in [0.1, 0.15) is 29.3 Å². The Morgan fingerprint density at radius 2 is 1.29 bits per heavy atom. The highest BCUT2D eigenvalue weighted by molar-refractivity contribution is 5.76. The van der Waals surface area contributed by atoms with E-state index in [0.29, 0.717) is 12.1 Å². The fourth-order valence-electron chi connectivity index (χ4n) is 2.38. The molecular weight excluding hydrogens is 330 g/mol. The Morgan fingerprint density at radius 1 is 0.917 bits per heavy atom. The second-order valence-corrected chi connectivity index (χ2v) is 4.87. The van der Waals surface area contributed by atoms with Crippen molar-refractivity contribution in [3.63, 3.8) is 0 Å². The fraction of sp³-hybridized carbons (Fsp3) is 0.133. The predicted molar refractivity (Wildman–Crippen MR) is 75.1 cm³/mol. The molecular formula is C15H9F4N3O2.